The summed E-state index contributed by atoms with van der Waals surface area (Å²) in [5.74, 6) is 0.248. The molecule has 4 rings (SSSR count). The number of fused-ring (bicyclic) bond motifs is 1. The lowest BCUT2D eigenvalue weighted by Gasteiger charge is -2.12. The lowest BCUT2D eigenvalue weighted by Crippen LogP contribution is -2.06. The van der Waals surface area contributed by atoms with Gasteiger partial charge in [0, 0.05) is 16.8 Å². The average molecular weight is 375 g/mol. The fourth-order valence-electron chi connectivity index (χ4n) is 3.46. The summed E-state index contributed by atoms with van der Waals surface area (Å²) in [6, 6.07) is 19.4. The maximum atomic E-state index is 14.5. The minimum Gasteiger partial charge on any atom is -0.496 e. The molecule has 28 heavy (non-hydrogen) atoms. The third kappa shape index (κ3) is 2.91. The molecule has 0 aromatic heterocycles. The van der Waals surface area contributed by atoms with Gasteiger partial charge in [-0.25, -0.2) is 4.39 Å². The summed E-state index contributed by atoms with van der Waals surface area (Å²) >= 11 is 0. The minimum atomic E-state index is -0.392. The summed E-state index contributed by atoms with van der Waals surface area (Å²) in [7, 11) is 3.03. The van der Waals surface area contributed by atoms with E-state index in [-0.39, 0.29) is 5.91 Å². The molecule has 5 heteroatoms. The van der Waals surface area contributed by atoms with Gasteiger partial charge in [0.05, 0.1) is 25.4 Å². The van der Waals surface area contributed by atoms with E-state index in [1.165, 1.54) is 20.3 Å². The van der Waals surface area contributed by atoms with Crippen LogP contribution in [0.25, 0.3) is 22.5 Å². The minimum absolute atomic E-state index is 0.256. The SMILES string of the molecule is CO/C(=C1/C(=O)Nc2ccc(-c3c(F)cccc3OC)cc21)c1ccccc1. The second-order valence-corrected chi connectivity index (χ2v) is 6.31. The molecular formula is C23H18FNO3. The van der Waals surface area contributed by atoms with E-state index in [0.717, 1.165) is 5.56 Å². The molecule has 3 aromatic carbocycles. The van der Waals surface area contributed by atoms with Gasteiger partial charge in [0.1, 0.15) is 17.3 Å². The quantitative estimate of drug-likeness (QED) is 0.517. The van der Waals surface area contributed by atoms with Gasteiger partial charge >= 0.3 is 0 Å². The van der Waals surface area contributed by atoms with Crippen LogP contribution in [-0.2, 0) is 9.53 Å². The largest absolute Gasteiger partial charge is 0.496 e. The Kier molecular flexibility index (Phi) is 4.57. The first-order valence-electron chi connectivity index (χ1n) is 8.76. The molecule has 1 heterocycles. The smallest absolute Gasteiger partial charge is 0.260 e. The first kappa shape index (κ1) is 17.8. The van der Waals surface area contributed by atoms with Crippen LogP contribution in [0, 0.1) is 5.82 Å². The van der Waals surface area contributed by atoms with Gasteiger partial charge in [-0.1, -0.05) is 42.5 Å². The Hall–Kier alpha value is -3.60. The van der Waals surface area contributed by atoms with Crippen molar-refractivity contribution in [2.75, 3.05) is 19.5 Å². The van der Waals surface area contributed by atoms with Gasteiger partial charge < -0.3 is 14.8 Å². The zero-order valence-corrected chi connectivity index (χ0v) is 15.5. The molecule has 0 spiro atoms. The number of methoxy groups -OCH3 is 2. The van der Waals surface area contributed by atoms with Crippen LogP contribution in [0.4, 0.5) is 10.1 Å². The summed E-state index contributed by atoms with van der Waals surface area (Å²) in [4.78, 5) is 12.7. The van der Waals surface area contributed by atoms with Crippen LogP contribution in [-0.4, -0.2) is 20.1 Å². The number of halogens is 1. The van der Waals surface area contributed by atoms with E-state index in [0.29, 0.717) is 39.5 Å². The molecule has 0 fully saturated rings. The van der Waals surface area contributed by atoms with Crippen molar-refractivity contribution in [3.63, 3.8) is 0 Å². The van der Waals surface area contributed by atoms with E-state index in [4.69, 9.17) is 9.47 Å². The first-order valence-corrected chi connectivity index (χ1v) is 8.76. The zero-order valence-electron chi connectivity index (χ0n) is 15.5. The van der Waals surface area contributed by atoms with Crippen LogP contribution in [0.2, 0.25) is 0 Å². The highest BCUT2D eigenvalue weighted by Gasteiger charge is 2.30. The predicted octanol–water partition coefficient (Wildman–Crippen LogP) is 4.97. The van der Waals surface area contributed by atoms with Crippen molar-refractivity contribution < 1.29 is 18.7 Å². The maximum Gasteiger partial charge on any atom is 0.260 e. The molecule has 0 saturated heterocycles. The number of benzene rings is 3. The number of hydrogen-bond acceptors (Lipinski definition) is 3. The van der Waals surface area contributed by atoms with Crippen LogP contribution >= 0.6 is 0 Å². The van der Waals surface area contributed by atoms with Crippen LogP contribution in [0.1, 0.15) is 11.1 Å². The van der Waals surface area contributed by atoms with Gasteiger partial charge in [-0.05, 0) is 29.8 Å². The molecule has 3 aromatic rings. The van der Waals surface area contributed by atoms with Gasteiger partial charge in [0.2, 0.25) is 0 Å². The van der Waals surface area contributed by atoms with Crippen molar-refractivity contribution in [3.05, 3.63) is 83.7 Å². The number of amides is 1. The molecule has 1 aliphatic heterocycles. The Morgan fingerprint density at radius 3 is 2.46 bits per heavy atom. The number of nitrogens with one attached hydrogen (secondary N) is 1. The van der Waals surface area contributed by atoms with Gasteiger partial charge in [-0.15, -0.1) is 0 Å². The van der Waals surface area contributed by atoms with Crippen molar-refractivity contribution in [1.82, 2.24) is 0 Å². The molecule has 0 bridgehead atoms. The highest BCUT2D eigenvalue weighted by atomic mass is 19.1. The topological polar surface area (TPSA) is 47.6 Å². The van der Waals surface area contributed by atoms with Crippen LogP contribution in [0.15, 0.2) is 66.7 Å². The number of ether oxygens (including phenoxy) is 2. The normalized spacial score (nSPS) is 14.3. The van der Waals surface area contributed by atoms with Gasteiger partial charge in [0.15, 0.2) is 0 Å². The molecule has 140 valence electrons. The first-order chi connectivity index (χ1) is 13.6. The Morgan fingerprint density at radius 1 is 0.964 bits per heavy atom. The van der Waals surface area contributed by atoms with Crippen molar-refractivity contribution in [1.29, 1.82) is 0 Å². The van der Waals surface area contributed by atoms with Gasteiger partial charge in [-0.3, -0.25) is 4.79 Å². The highest BCUT2D eigenvalue weighted by molar-refractivity contribution is 6.36. The molecule has 1 amide bonds. The van der Waals surface area contributed by atoms with Crippen LogP contribution < -0.4 is 10.1 Å². The fraction of sp³-hybridized carbons (Fsp3) is 0.0870. The lowest BCUT2D eigenvalue weighted by atomic mass is 9.96. The summed E-state index contributed by atoms with van der Waals surface area (Å²) < 4.78 is 25.4. The molecule has 0 radical (unpaired) electrons. The number of hydrogen-bond donors (Lipinski definition) is 1. The van der Waals surface area contributed by atoms with Crippen molar-refractivity contribution in [2.45, 2.75) is 0 Å². The lowest BCUT2D eigenvalue weighted by molar-refractivity contribution is -0.110. The second-order valence-electron chi connectivity index (χ2n) is 6.31. The van der Waals surface area contributed by atoms with E-state index >= 15 is 0 Å². The number of carbonyl (C=O) groups is 1. The average Bonchev–Trinajstić information content (AvgIpc) is 3.04. The van der Waals surface area contributed by atoms with Gasteiger partial charge in [-0.2, -0.15) is 0 Å². The third-order valence-electron chi connectivity index (χ3n) is 4.72. The molecule has 0 atom stereocenters. The van der Waals surface area contributed by atoms with Crippen molar-refractivity contribution >= 4 is 22.9 Å². The molecule has 0 aliphatic carbocycles. The summed E-state index contributed by atoms with van der Waals surface area (Å²) in [6.07, 6.45) is 0. The number of carbonyl (C=O) groups excluding carboxylic acids is 1. The monoisotopic (exact) mass is 375 g/mol. The molecular weight excluding hydrogens is 357 g/mol. The maximum absolute atomic E-state index is 14.5. The Labute approximate surface area is 162 Å². The van der Waals surface area contributed by atoms with E-state index in [9.17, 15) is 9.18 Å². The molecule has 1 aliphatic rings. The Morgan fingerprint density at radius 2 is 1.75 bits per heavy atom. The fourth-order valence-corrected chi connectivity index (χ4v) is 3.46. The van der Waals surface area contributed by atoms with E-state index in [1.807, 2.05) is 30.3 Å². The molecule has 0 unspecified atom stereocenters. The predicted molar refractivity (Wildman–Crippen MR) is 107 cm³/mol. The Bertz CT molecular complexity index is 1090. The van der Waals surface area contributed by atoms with Crippen molar-refractivity contribution in [2.24, 2.45) is 0 Å². The molecule has 4 nitrogen and oxygen atoms in total. The molecule has 1 N–H and O–H groups in total. The van der Waals surface area contributed by atoms with Crippen LogP contribution in [0.3, 0.4) is 0 Å². The Balaban J connectivity index is 1.93. The number of rotatable bonds is 4. The second kappa shape index (κ2) is 7.19. The summed E-state index contributed by atoms with van der Waals surface area (Å²) in [5, 5.41) is 2.85. The summed E-state index contributed by atoms with van der Waals surface area (Å²) in [5.41, 5.74) is 3.49. The zero-order chi connectivity index (χ0) is 19.7. The summed E-state index contributed by atoms with van der Waals surface area (Å²) in [6.45, 7) is 0. The van der Waals surface area contributed by atoms with Crippen molar-refractivity contribution in [3.8, 4) is 16.9 Å². The highest BCUT2D eigenvalue weighted by Crippen LogP contribution is 2.41. The standard InChI is InChI=1S/C23H18FNO3/c1-27-19-10-6-9-17(24)20(19)15-11-12-18-16(13-15)21(23(26)25-18)22(28-2)14-7-4-3-5-8-14/h3-13H,1-2H3,(H,25,26)/b22-21+. The van der Waals surface area contributed by atoms with E-state index < -0.39 is 5.82 Å². The molecule has 0 saturated carbocycles. The van der Waals surface area contributed by atoms with E-state index in [1.54, 1.807) is 30.3 Å². The third-order valence-corrected chi connectivity index (χ3v) is 4.72. The van der Waals surface area contributed by atoms with Crippen LogP contribution in [0.5, 0.6) is 5.75 Å². The number of anilines is 1. The van der Waals surface area contributed by atoms with Gasteiger partial charge in [0.25, 0.3) is 5.91 Å². The van der Waals surface area contributed by atoms with E-state index in [2.05, 4.69) is 5.32 Å².